The maximum atomic E-state index is 3.45. The highest BCUT2D eigenvalue weighted by atomic mass is 32.1. The highest BCUT2D eigenvalue weighted by Gasteiger charge is 1.97. The van der Waals surface area contributed by atoms with Crippen molar-refractivity contribution in [2.45, 2.75) is 20.4 Å². The zero-order chi connectivity index (χ0) is 10.2. The first kappa shape index (κ1) is 11.7. The molecule has 0 fully saturated rings. The standard InChI is InChI=1S/C11H20N2S/c1-3-13(4-2)7-6-12-9-11-5-8-14-10-11/h5,8,10,12H,3-4,6-7,9H2,1-2H3. The number of hydrogen-bond donors (Lipinski definition) is 1. The minimum Gasteiger partial charge on any atom is -0.311 e. The predicted molar refractivity (Wildman–Crippen MR) is 63.8 cm³/mol. The monoisotopic (exact) mass is 212 g/mol. The molecule has 3 heteroatoms. The maximum Gasteiger partial charge on any atom is 0.0214 e. The number of nitrogens with zero attached hydrogens (tertiary/aromatic N) is 1. The second kappa shape index (κ2) is 6.98. The van der Waals surface area contributed by atoms with Crippen molar-refractivity contribution in [3.63, 3.8) is 0 Å². The highest BCUT2D eigenvalue weighted by molar-refractivity contribution is 7.07. The van der Waals surface area contributed by atoms with E-state index in [2.05, 4.69) is 40.9 Å². The van der Waals surface area contributed by atoms with E-state index in [9.17, 15) is 0 Å². The first-order valence-electron chi connectivity index (χ1n) is 5.31. The fourth-order valence-corrected chi connectivity index (χ4v) is 2.07. The van der Waals surface area contributed by atoms with Gasteiger partial charge in [0, 0.05) is 19.6 Å². The van der Waals surface area contributed by atoms with Gasteiger partial charge in [0.1, 0.15) is 0 Å². The second-order valence-corrected chi connectivity index (χ2v) is 4.12. The van der Waals surface area contributed by atoms with Crippen LogP contribution in [0.1, 0.15) is 19.4 Å². The molecule has 80 valence electrons. The van der Waals surface area contributed by atoms with Gasteiger partial charge < -0.3 is 10.2 Å². The Morgan fingerprint density at radius 1 is 1.36 bits per heavy atom. The fraction of sp³-hybridized carbons (Fsp3) is 0.636. The maximum absolute atomic E-state index is 3.45. The molecule has 14 heavy (non-hydrogen) atoms. The average Bonchev–Trinajstić information content (AvgIpc) is 2.71. The minimum absolute atomic E-state index is 1.00. The molecule has 0 amide bonds. The van der Waals surface area contributed by atoms with Crippen molar-refractivity contribution in [1.82, 2.24) is 10.2 Å². The van der Waals surface area contributed by atoms with Gasteiger partial charge in [0.15, 0.2) is 0 Å². The van der Waals surface area contributed by atoms with Crippen LogP contribution in [0.2, 0.25) is 0 Å². The zero-order valence-electron chi connectivity index (χ0n) is 9.12. The van der Waals surface area contributed by atoms with Gasteiger partial charge in [-0.15, -0.1) is 0 Å². The largest absolute Gasteiger partial charge is 0.311 e. The lowest BCUT2D eigenvalue weighted by Crippen LogP contribution is -2.31. The second-order valence-electron chi connectivity index (χ2n) is 3.34. The van der Waals surface area contributed by atoms with E-state index < -0.39 is 0 Å². The summed E-state index contributed by atoms with van der Waals surface area (Å²) in [5, 5.41) is 7.78. The summed E-state index contributed by atoms with van der Waals surface area (Å²) in [6.45, 7) is 9.96. The van der Waals surface area contributed by atoms with Crippen molar-refractivity contribution >= 4 is 11.3 Å². The summed E-state index contributed by atoms with van der Waals surface area (Å²) in [5.41, 5.74) is 1.40. The third-order valence-corrected chi connectivity index (χ3v) is 3.14. The first-order chi connectivity index (χ1) is 6.86. The van der Waals surface area contributed by atoms with Crippen LogP contribution in [-0.2, 0) is 6.54 Å². The Kier molecular flexibility index (Phi) is 5.83. The molecule has 1 N–H and O–H groups in total. The summed E-state index contributed by atoms with van der Waals surface area (Å²) in [5.74, 6) is 0. The summed E-state index contributed by atoms with van der Waals surface area (Å²) < 4.78 is 0. The number of rotatable bonds is 7. The molecule has 0 aromatic carbocycles. The van der Waals surface area contributed by atoms with Gasteiger partial charge in [-0.25, -0.2) is 0 Å². The first-order valence-corrected chi connectivity index (χ1v) is 6.25. The molecule has 0 spiro atoms. The van der Waals surface area contributed by atoms with E-state index in [4.69, 9.17) is 0 Å². The van der Waals surface area contributed by atoms with Crippen LogP contribution in [0.15, 0.2) is 16.8 Å². The molecule has 0 atom stereocenters. The third-order valence-electron chi connectivity index (χ3n) is 2.41. The van der Waals surface area contributed by atoms with E-state index in [0.29, 0.717) is 0 Å². The van der Waals surface area contributed by atoms with E-state index >= 15 is 0 Å². The molecule has 0 aliphatic carbocycles. The Morgan fingerprint density at radius 2 is 2.14 bits per heavy atom. The van der Waals surface area contributed by atoms with Crippen molar-refractivity contribution in [1.29, 1.82) is 0 Å². The molecule has 1 aromatic heterocycles. The number of likely N-dealkylation sites (N-methyl/N-ethyl adjacent to an activating group) is 1. The molecule has 0 aliphatic rings. The Balaban J connectivity index is 2.04. The van der Waals surface area contributed by atoms with Gasteiger partial charge in [0.05, 0.1) is 0 Å². The van der Waals surface area contributed by atoms with Crippen LogP contribution in [0, 0.1) is 0 Å². The number of thiophene rings is 1. The summed E-state index contributed by atoms with van der Waals surface area (Å²) in [6, 6.07) is 2.18. The molecular weight excluding hydrogens is 192 g/mol. The van der Waals surface area contributed by atoms with Crippen LogP contribution >= 0.6 is 11.3 Å². The van der Waals surface area contributed by atoms with E-state index in [0.717, 1.165) is 32.7 Å². The fourth-order valence-electron chi connectivity index (χ4n) is 1.40. The van der Waals surface area contributed by atoms with E-state index in [-0.39, 0.29) is 0 Å². The quantitative estimate of drug-likeness (QED) is 0.697. The van der Waals surface area contributed by atoms with Crippen molar-refractivity contribution in [3.05, 3.63) is 22.4 Å². The van der Waals surface area contributed by atoms with E-state index in [1.807, 2.05) is 0 Å². The highest BCUT2D eigenvalue weighted by Crippen LogP contribution is 2.04. The Morgan fingerprint density at radius 3 is 2.71 bits per heavy atom. The van der Waals surface area contributed by atoms with Crippen molar-refractivity contribution in [2.24, 2.45) is 0 Å². The number of nitrogens with one attached hydrogen (secondary N) is 1. The van der Waals surface area contributed by atoms with Crippen molar-refractivity contribution < 1.29 is 0 Å². The van der Waals surface area contributed by atoms with Crippen LogP contribution in [0.25, 0.3) is 0 Å². The smallest absolute Gasteiger partial charge is 0.0214 e. The molecule has 1 rings (SSSR count). The van der Waals surface area contributed by atoms with Gasteiger partial charge in [-0.3, -0.25) is 0 Å². The van der Waals surface area contributed by atoms with Crippen molar-refractivity contribution in [3.8, 4) is 0 Å². The lowest BCUT2D eigenvalue weighted by atomic mass is 10.3. The Bertz CT molecular complexity index is 217. The molecule has 0 saturated carbocycles. The van der Waals surface area contributed by atoms with Crippen LogP contribution < -0.4 is 5.32 Å². The number of hydrogen-bond acceptors (Lipinski definition) is 3. The molecule has 1 heterocycles. The van der Waals surface area contributed by atoms with Crippen LogP contribution in [-0.4, -0.2) is 31.1 Å². The lowest BCUT2D eigenvalue weighted by molar-refractivity contribution is 0.302. The molecule has 0 bridgehead atoms. The SMILES string of the molecule is CCN(CC)CCNCc1ccsc1. The van der Waals surface area contributed by atoms with Gasteiger partial charge in [-0.1, -0.05) is 13.8 Å². The molecular formula is C11H20N2S. The van der Waals surface area contributed by atoms with Gasteiger partial charge in [-0.05, 0) is 35.5 Å². The predicted octanol–water partition coefficient (Wildman–Crippen LogP) is 2.18. The molecule has 0 saturated heterocycles. The van der Waals surface area contributed by atoms with E-state index in [1.165, 1.54) is 5.56 Å². The average molecular weight is 212 g/mol. The lowest BCUT2D eigenvalue weighted by Gasteiger charge is -2.17. The minimum atomic E-state index is 1.00. The summed E-state index contributed by atoms with van der Waals surface area (Å²) in [4.78, 5) is 2.43. The summed E-state index contributed by atoms with van der Waals surface area (Å²) >= 11 is 1.76. The van der Waals surface area contributed by atoms with Gasteiger partial charge in [0.2, 0.25) is 0 Å². The molecule has 0 unspecified atom stereocenters. The summed E-state index contributed by atoms with van der Waals surface area (Å²) in [6.07, 6.45) is 0. The van der Waals surface area contributed by atoms with E-state index in [1.54, 1.807) is 11.3 Å². The van der Waals surface area contributed by atoms with Crippen LogP contribution in [0.3, 0.4) is 0 Å². The van der Waals surface area contributed by atoms with Crippen LogP contribution in [0.4, 0.5) is 0 Å². The Hall–Kier alpha value is -0.380. The van der Waals surface area contributed by atoms with Crippen molar-refractivity contribution in [2.75, 3.05) is 26.2 Å². The van der Waals surface area contributed by atoms with Gasteiger partial charge in [-0.2, -0.15) is 11.3 Å². The zero-order valence-corrected chi connectivity index (χ0v) is 9.94. The Labute approximate surface area is 90.9 Å². The molecule has 0 radical (unpaired) electrons. The van der Waals surface area contributed by atoms with Gasteiger partial charge >= 0.3 is 0 Å². The van der Waals surface area contributed by atoms with Crippen LogP contribution in [0.5, 0.6) is 0 Å². The molecule has 2 nitrogen and oxygen atoms in total. The molecule has 0 aliphatic heterocycles. The van der Waals surface area contributed by atoms with Gasteiger partial charge in [0.25, 0.3) is 0 Å². The topological polar surface area (TPSA) is 15.3 Å². The summed E-state index contributed by atoms with van der Waals surface area (Å²) in [7, 11) is 0. The molecule has 1 aromatic rings. The third kappa shape index (κ3) is 4.22. The normalized spacial score (nSPS) is 11.1.